The van der Waals surface area contributed by atoms with Gasteiger partial charge in [0.25, 0.3) is 5.91 Å². The highest BCUT2D eigenvalue weighted by molar-refractivity contribution is 7.46. The summed E-state index contributed by atoms with van der Waals surface area (Å²) < 4.78 is 40.9. The van der Waals surface area contributed by atoms with Crippen LogP contribution < -0.4 is 5.32 Å². The molecule has 0 aliphatic heterocycles. The fourth-order valence-electron chi connectivity index (χ4n) is 1.42. The minimum Gasteiger partial charge on any atom is -0.318 e. The zero-order chi connectivity index (χ0) is 17.2. The van der Waals surface area contributed by atoms with Crippen molar-refractivity contribution in [2.75, 3.05) is 5.32 Å². The maximum Gasteiger partial charge on any atom is 0.471 e. The Balaban J connectivity index is 2.13. The van der Waals surface area contributed by atoms with Gasteiger partial charge in [0.1, 0.15) is 11.6 Å². The Hall–Kier alpha value is -1.91. The van der Waals surface area contributed by atoms with Crippen LogP contribution in [-0.4, -0.2) is 30.7 Å². The van der Waals surface area contributed by atoms with Crippen LogP contribution in [0.15, 0.2) is 18.2 Å². The third kappa shape index (κ3) is 4.78. The van der Waals surface area contributed by atoms with Crippen LogP contribution in [0.25, 0.3) is 0 Å². The fourth-order valence-corrected chi connectivity index (χ4v) is 1.89. The van der Waals surface area contributed by atoms with Gasteiger partial charge in [-0.15, -0.1) is 10.2 Å². The number of hydrogen-bond donors (Lipinski definition) is 3. The number of carbonyl (C=O) groups is 1. The van der Waals surface area contributed by atoms with Crippen molar-refractivity contribution in [2.45, 2.75) is 6.73 Å². The Morgan fingerprint density at radius 3 is 2.70 bits per heavy atom. The molecule has 0 unspecified atom stereocenters. The summed E-state index contributed by atoms with van der Waals surface area (Å²) in [6.07, 6.45) is 0. The average Bonchev–Trinajstić information content (AvgIpc) is 2.80. The quantitative estimate of drug-likeness (QED) is 0.683. The van der Waals surface area contributed by atoms with E-state index in [0.29, 0.717) is 10.9 Å². The summed E-state index contributed by atoms with van der Waals surface area (Å²) in [4.78, 5) is 29.6. The lowest BCUT2D eigenvalue weighted by molar-refractivity contribution is 0.101. The molecule has 0 bridgehead atoms. The number of rotatable bonds is 5. The van der Waals surface area contributed by atoms with Crippen molar-refractivity contribution >= 4 is 31.0 Å². The first-order valence-corrected chi connectivity index (χ1v) is 7.63. The molecule has 23 heavy (non-hydrogen) atoms. The highest BCUT2D eigenvalue weighted by atomic mass is 35.5. The molecule has 2 rings (SSSR count). The third-order valence-electron chi connectivity index (χ3n) is 2.35. The standard InChI is InChI=1S/C10H8ClF2N4O5P/c11-9-8(15-17(16-9)4-22-23(19,20)21)10(18)14-7-2-1-5(12)3-6(7)13/h1-3H,4H2,(H,14,18)(H2,19,20,21). The SMILES string of the molecule is O=C(Nc1ccc(F)cc1F)c1nn(COP(=O)(O)O)nc1Cl. The lowest BCUT2D eigenvalue weighted by Gasteiger charge is -2.04. The molecule has 0 aliphatic rings. The maximum absolute atomic E-state index is 13.4. The molecule has 3 N–H and O–H groups in total. The predicted octanol–water partition coefficient (Wildman–Crippen LogP) is 1.53. The Morgan fingerprint density at radius 2 is 2.09 bits per heavy atom. The van der Waals surface area contributed by atoms with Crippen LogP contribution in [0.5, 0.6) is 0 Å². The van der Waals surface area contributed by atoms with E-state index >= 15 is 0 Å². The number of halogens is 3. The maximum atomic E-state index is 13.4. The largest absolute Gasteiger partial charge is 0.471 e. The number of benzene rings is 1. The van der Waals surface area contributed by atoms with Gasteiger partial charge in [-0.2, -0.15) is 4.80 Å². The van der Waals surface area contributed by atoms with Crippen LogP contribution in [0.3, 0.4) is 0 Å². The summed E-state index contributed by atoms with van der Waals surface area (Å²) in [6, 6.07) is 2.50. The van der Waals surface area contributed by atoms with Gasteiger partial charge in [0, 0.05) is 6.07 Å². The van der Waals surface area contributed by atoms with Gasteiger partial charge in [-0.1, -0.05) is 11.6 Å². The molecule has 2 aromatic rings. The monoisotopic (exact) mass is 368 g/mol. The van der Waals surface area contributed by atoms with Gasteiger partial charge in [0.05, 0.1) is 5.69 Å². The van der Waals surface area contributed by atoms with Gasteiger partial charge < -0.3 is 15.1 Å². The first-order chi connectivity index (χ1) is 10.7. The van der Waals surface area contributed by atoms with E-state index in [0.717, 1.165) is 12.1 Å². The van der Waals surface area contributed by atoms with E-state index in [9.17, 15) is 18.1 Å². The second kappa shape index (κ2) is 6.69. The summed E-state index contributed by atoms with van der Waals surface area (Å²) in [6.45, 7) is -0.762. The number of amides is 1. The summed E-state index contributed by atoms with van der Waals surface area (Å²) in [7, 11) is -4.76. The molecular weight excluding hydrogens is 361 g/mol. The van der Waals surface area contributed by atoms with E-state index in [1.54, 1.807) is 0 Å². The molecule has 0 fully saturated rings. The molecule has 9 nitrogen and oxygen atoms in total. The molecule has 1 amide bonds. The Labute approximate surface area is 132 Å². The second-order valence-corrected chi connectivity index (χ2v) is 5.64. The molecule has 0 spiro atoms. The molecule has 0 saturated heterocycles. The minimum absolute atomic E-state index is 0.312. The van der Waals surface area contributed by atoms with Gasteiger partial charge in [-0.05, 0) is 12.1 Å². The fraction of sp³-hybridized carbons (Fsp3) is 0.100. The van der Waals surface area contributed by atoms with Crippen molar-refractivity contribution in [2.24, 2.45) is 0 Å². The third-order valence-corrected chi connectivity index (χ3v) is 3.06. The number of carbonyl (C=O) groups excluding carboxylic acids is 1. The molecule has 124 valence electrons. The van der Waals surface area contributed by atoms with Crippen LogP contribution in [-0.2, 0) is 15.8 Å². The predicted molar refractivity (Wildman–Crippen MR) is 72.5 cm³/mol. The molecular formula is C10H8ClF2N4O5P. The zero-order valence-corrected chi connectivity index (χ0v) is 12.6. The van der Waals surface area contributed by atoms with Crippen LogP contribution in [0.1, 0.15) is 10.5 Å². The van der Waals surface area contributed by atoms with E-state index in [4.69, 9.17) is 21.4 Å². The number of phosphoric ester groups is 1. The van der Waals surface area contributed by atoms with Gasteiger partial charge in [0.2, 0.25) is 0 Å². The van der Waals surface area contributed by atoms with E-state index in [2.05, 4.69) is 20.0 Å². The van der Waals surface area contributed by atoms with Crippen LogP contribution in [0, 0.1) is 11.6 Å². The topological polar surface area (TPSA) is 127 Å². The second-order valence-electron chi connectivity index (χ2n) is 4.04. The van der Waals surface area contributed by atoms with E-state index in [-0.39, 0.29) is 5.69 Å². The smallest absolute Gasteiger partial charge is 0.318 e. The molecule has 0 saturated carbocycles. The molecule has 1 aromatic heterocycles. The average molecular weight is 369 g/mol. The lowest BCUT2D eigenvalue weighted by atomic mass is 10.3. The van der Waals surface area contributed by atoms with Crippen molar-refractivity contribution < 1.29 is 32.5 Å². The van der Waals surface area contributed by atoms with Crippen molar-refractivity contribution in [1.82, 2.24) is 15.0 Å². The number of anilines is 1. The molecule has 13 heteroatoms. The molecule has 0 radical (unpaired) electrons. The van der Waals surface area contributed by atoms with Gasteiger partial charge in [-0.25, -0.2) is 13.3 Å². The van der Waals surface area contributed by atoms with Crippen molar-refractivity contribution in [1.29, 1.82) is 0 Å². The van der Waals surface area contributed by atoms with Crippen molar-refractivity contribution in [3.8, 4) is 0 Å². The van der Waals surface area contributed by atoms with Crippen molar-refractivity contribution in [3.05, 3.63) is 40.7 Å². The molecule has 1 heterocycles. The highest BCUT2D eigenvalue weighted by Crippen LogP contribution is 2.35. The van der Waals surface area contributed by atoms with Crippen LogP contribution in [0.4, 0.5) is 14.5 Å². The van der Waals surface area contributed by atoms with E-state index < -0.39 is 42.9 Å². The number of nitrogens with zero attached hydrogens (tertiary/aromatic N) is 3. The number of phosphoric acid groups is 1. The van der Waals surface area contributed by atoms with Gasteiger partial charge in [-0.3, -0.25) is 9.32 Å². The summed E-state index contributed by atoms with van der Waals surface area (Å²) >= 11 is 5.66. The summed E-state index contributed by atoms with van der Waals surface area (Å²) in [5, 5.41) is 8.76. The number of aromatic nitrogens is 3. The van der Waals surface area contributed by atoms with Gasteiger partial charge in [0.15, 0.2) is 17.6 Å². The molecule has 0 aliphatic carbocycles. The first-order valence-electron chi connectivity index (χ1n) is 5.73. The van der Waals surface area contributed by atoms with E-state index in [1.807, 2.05) is 0 Å². The normalized spacial score (nSPS) is 11.5. The molecule has 1 aromatic carbocycles. The first kappa shape index (κ1) is 17.4. The zero-order valence-electron chi connectivity index (χ0n) is 11.0. The minimum atomic E-state index is -4.76. The van der Waals surface area contributed by atoms with Crippen LogP contribution >= 0.6 is 19.4 Å². The van der Waals surface area contributed by atoms with Crippen molar-refractivity contribution in [3.63, 3.8) is 0 Å². The molecule has 0 atom stereocenters. The van der Waals surface area contributed by atoms with Gasteiger partial charge >= 0.3 is 7.82 Å². The Bertz CT molecular complexity index is 796. The number of nitrogens with one attached hydrogen (secondary N) is 1. The Morgan fingerprint density at radius 1 is 1.39 bits per heavy atom. The Kier molecular flexibility index (Phi) is 5.07. The number of hydrogen-bond acceptors (Lipinski definition) is 5. The lowest BCUT2D eigenvalue weighted by Crippen LogP contribution is -2.15. The van der Waals surface area contributed by atoms with Crippen LogP contribution in [0.2, 0.25) is 5.15 Å². The summed E-state index contributed by atoms with van der Waals surface area (Å²) in [5.41, 5.74) is -0.752. The van der Waals surface area contributed by atoms with E-state index in [1.165, 1.54) is 0 Å². The summed E-state index contributed by atoms with van der Waals surface area (Å²) in [5.74, 6) is -2.78. The highest BCUT2D eigenvalue weighted by Gasteiger charge is 2.21.